The number of rotatable bonds is 2. The molecule has 3 nitrogen and oxygen atoms in total. The molecule has 116 valence electrons. The van der Waals surface area contributed by atoms with Gasteiger partial charge >= 0.3 is 0 Å². The van der Waals surface area contributed by atoms with Crippen molar-refractivity contribution in [2.24, 2.45) is 0 Å². The minimum absolute atomic E-state index is 0.398. The third kappa shape index (κ3) is 2.92. The average Bonchev–Trinajstić information content (AvgIpc) is 2.82. The molecular formula is C17H25FN2O. The maximum atomic E-state index is 13.5. The zero-order chi connectivity index (χ0) is 15.0. The zero-order valence-electron chi connectivity index (χ0n) is 12.9. The van der Waals surface area contributed by atoms with E-state index in [1.54, 1.807) is 0 Å². The number of hydrogen-bond donors (Lipinski definition) is 1. The number of aryl methyl sites for hydroxylation is 1. The number of benzene rings is 1. The highest BCUT2D eigenvalue weighted by Crippen LogP contribution is 2.28. The lowest BCUT2D eigenvalue weighted by Crippen LogP contribution is -2.44. The number of piperidine rings is 1. The van der Waals surface area contributed by atoms with E-state index in [1.165, 1.54) is 16.8 Å². The molecular weight excluding hydrogens is 267 g/mol. The number of aliphatic hydroxyl groups excluding tert-OH is 1. The van der Waals surface area contributed by atoms with E-state index in [9.17, 15) is 9.50 Å². The van der Waals surface area contributed by atoms with Gasteiger partial charge in [0.2, 0.25) is 0 Å². The highest BCUT2D eigenvalue weighted by atomic mass is 19.1. The van der Waals surface area contributed by atoms with E-state index >= 15 is 0 Å². The summed E-state index contributed by atoms with van der Waals surface area (Å²) in [7, 11) is 0. The van der Waals surface area contributed by atoms with Gasteiger partial charge in [0, 0.05) is 37.9 Å². The first-order valence-electron chi connectivity index (χ1n) is 7.93. The summed E-state index contributed by atoms with van der Waals surface area (Å²) >= 11 is 0. The largest absolute Gasteiger partial charge is 0.389 e. The van der Waals surface area contributed by atoms with E-state index in [-0.39, 0.29) is 0 Å². The van der Waals surface area contributed by atoms with Crippen LogP contribution in [0.3, 0.4) is 0 Å². The first kappa shape index (κ1) is 14.8. The number of nitrogens with zero attached hydrogens (tertiary/aromatic N) is 2. The first-order valence-corrected chi connectivity index (χ1v) is 7.93. The van der Waals surface area contributed by atoms with Gasteiger partial charge in [-0.25, -0.2) is 4.39 Å². The predicted molar refractivity (Wildman–Crippen MR) is 83.6 cm³/mol. The van der Waals surface area contributed by atoms with Gasteiger partial charge in [0.25, 0.3) is 0 Å². The van der Waals surface area contributed by atoms with Crippen molar-refractivity contribution in [3.63, 3.8) is 0 Å². The topological polar surface area (TPSA) is 26.7 Å². The van der Waals surface area contributed by atoms with Crippen LogP contribution in [0.25, 0.3) is 0 Å². The Bertz CT molecular complexity index is 490. The lowest BCUT2D eigenvalue weighted by molar-refractivity contribution is 0.113. The summed E-state index contributed by atoms with van der Waals surface area (Å²) in [6.45, 7) is 7.25. The second-order valence-electron chi connectivity index (χ2n) is 6.47. The normalized spacial score (nSPS) is 28.3. The number of β-amino-alcohol motifs (C(OH)–C–C–N with tert-alkyl or cyclic N) is 1. The zero-order valence-corrected chi connectivity index (χ0v) is 12.9. The lowest BCUT2D eigenvalue weighted by Gasteiger charge is -2.38. The summed E-state index contributed by atoms with van der Waals surface area (Å²) in [5.41, 5.74) is 4.02. The molecule has 0 spiro atoms. The van der Waals surface area contributed by atoms with Crippen molar-refractivity contribution in [1.82, 2.24) is 4.90 Å². The van der Waals surface area contributed by atoms with Crippen molar-refractivity contribution in [3.8, 4) is 0 Å². The Morgan fingerprint density at radius 1 is 1.14 bits per heavy atom. The molecule has 0 radical (unpaired) electrons. The van der Waals surface area contributed by atoms with E-state index in [4.69, 9.17) is 0 Å². The molecule has 3 rings (SSSR count). The van der Waals surface area contributed by atoms with Gasteiger partial charge in [-0.15, -0.1) is 0 Å². The van der Waals surface area contributed by atoms with Gasteiger partial charge in [0.05, 0.1) is 6.10 Å². The fourth-order valence-corrected chi connectivity index (χ4v) is 3.62. The van der Waals surface area contributed by atoms with Crippen molar-refractivity contribution in [2.45, 2.75) is 45.0 Å². The molecule has 0 aromatic heterocycles. The van der Waals surface area contributed by atoms with Crippen LogP contribution in [-0.2, 0) is 0 Å². The van der Waals surface area contributed by atoms with Gasteiger partial charge in [-0.1, -0.05) is 12.1 Å². The second-order valence-corrected chi connectivity index (χ2v) is 6.47. The highest BCUT2D eigenvalue weighted by molar-refractivity contribution is 5.56. The summed E-state index contributed by atoms with van der Waals surface area (Å²) in [5, 5.41) is 9.57. The van der Waals surface area contributed by atoms with Crippen LogP contribution in [0.15, 0.2) is 18.2 Å². The summed E-state index contributed by atoms with van der Waals surface area (Å²) < 4.78 is 13.5. The van der Waals surface area contributed by atoms with Gasteiger partial charge in [0.15, 0.2) is 0 Å². The molecule has 4 heteroatoms. The minimum atomic E-state index is -1.07. The molecule has 0 aliphatic carbocycles. The maximum Gasteiger partial charge on any atom is 0.140 e. The van der Waals surface area contributed by atoms with E-state index in [0.29, 0.717) is 19.1 Å². The molecule has 1 aromatic rings. The van der Waals surface area contributed by atoms with Crippen LogP contribution in [0.5, 0.6) is 0 Å². The third-order valence-electron chi connectivity index (χ3n) is 5.15. The van der Waals surface area contributed by atoms with Crippen molar-refractivity contribution >= 4 is 5.69 Å². The molecule has 0 saturated carbocycles. The Labute approximate surface area is 126 Å². The van der Waals surface area contributed by atoms with Crippen molar-refractivity contribution in [3.05, 3.63) is 29.3 Å². The van der Waals surface area contributed by atoms with Gasteiger partial charge in [-0.05, 0) is 43.9 Å². The smallest absolute Gasteiger partial charge is 0.140 e. The van der Waals surface area contributed by atoms with E-state index < -0.39 is 12.3 Å². The fraction of sp³-hybridized carbons (Fsp3) is 0.647. The molecule has 0 amide bonds. The number of hydrogen-bond acceptors (Lipinski definition) is 3. The SMILES string of the molecule is Cc1cccc(N2CCC(N3C[C@@H](O)[C@H](F)C3)CC2)c1C. The van der Waals surface area contributed by atoms with Crippen LogP contribution in [-0.4, -0.2) is 54.5 Å². The molecule has 2 aliphatic rings. The number of halogens is 1. The number of aliphatic hydroxyl groups is 1. The molecule has 0 unspecified atom stereocenters. The maximum absolute atomic E-state index is 13.5. The molecule has 2 atom stereocenters. The molecule has 0 bridgehead atoms. The van der Waals surface area contributed by atoms with Crippen LogP contribution in [0, 0.1) is 13.8 Å². The first-order chi connectivity index (χ1) is 10.1. The van der Waals surface area contributed by atoms with Crippen LogP contribution >= 0.6 is 0 Å². The standard InChI is InChI=1S/C17H25FN2O/c1-12-4-3-5-16(13(12)2)19-8-6-14(7-9-19)20-10-15(18)17(21)11-20/h3-5,14-15,17,21H,6-11H2,1-2H3/t15-,17-/m1/s1. The molecule has 2 heterocycles. The Morgan fingerprint density at radius 3 is 2.48 bits per heavy atom. The molecule has 21 heavy (non-hydrogen) atoms. The Kier molecular flexibility index (Phi) is 4.18. The molecule has 2 saturated heterocycles. The van der Waals surface area contributed by atoms with Crippen molar-refractivity contribution in [2.75, 3.05) is 31.1 Å². The Balaban J connectivity index is 1.62. The quantitative estimate of drug-likeness (QED) is 0.906. The van der Waals surface area contributed by atoms with Crippen LogP contribution in [0.4, 0.5) is 10.1 Å². The third-order valence-corrected chi connectivity index (χ3v) is 5.15. The summed E-state index contributed by atoms with van der Waals surface area (Å²) in [6.07, 6.45) is 0.240. The van der Waals surface area contributed by atoms with Crippen LogP contribution in [0.1, 0.15) is 24.0 Å². The number of anilines is 1. The highest BCUT2D eigenvalue weighted by Gasteiger charge is 2.36. The Hall–Kier alpha value is -1.13. The average molecular weight is 292 g/mol. The van der Waals surface area contributed by atoms with Gasteiger partial charge in [-0.2, -0.15) is 0 Å². The number of alkyl halides is 1. The van der Waals surface area contributed by atoms with Crippen LogP contribution in [0.2, 0.25) is 0 Å². The molecule has 1 N–H and O–H groups in total. The molecule has 2 aliphatic heterocycles. The van der Waals surface area contributed by atoms with Gasteiger partial charge in [-0.3, -0.25) is 4.90 Å². The Morgan fingerprint density at radius 2 is 1.86 bits per heavy atom. The van der Waals surface area contributed by atoms with Crippen molar-refractivity contribution < 1.29 is 9.50 Å². The summed E-state index contributed by atoms with van der Waals surface area (Å²) in [4.78, 5) is 4.58. The van der Waals surface area contributed by atoms with E-state index in [2.05, 4.69) is 41.8 Å². The molecule has 2 fully saturated rings. The molecule has 1 aromatic carbocycles. The summed E-state index contributed by atoms with van der Waals surface area (Å²) in [6, 6.07) is 6.88. The van der Waals surface area contributed by atoms with Crippen molar-refractivity contribution in [1.29, 1.82) is 0 Å². The van der Waals surface area contributed by atoms with E-state index in [0.717, 1.165) is 25.9 Å². The lowest BCUT2D eigenvalue weighted by atomic mass is 10.0. The summed E-state index contributed by atoms with van der Waals surface area (Å²) in [5.74, 6) is 0. The fourth-order valence-electron chi connectivity index (χ4n) is 3.62. The predicted octanol–water partition coefficient (Wildman–Crippen LogP) is 2.29. The van der Waals surface area contributed by atoms with Gasteiger partial charge in [0.1, 0.15) is 6.17 Å². The second kappa shape index (κ2) is 5.93. The monoisotopic (exact) mass is 292 g/mol. The minimum Gasteiger partial charge on any atom is -0.389 e. The van der Waals surface area contributed by atoms with Crippen LogP contribution < -0.4 is 4.90 Å². The number of likely N-dealkylation sites (tertiary alicyclic amines) is 1. The van der Waals surface area contributed by atoms with E-state index in [1.807, 2.05) is 0 Å². The van der Waals surface area contributed by atoms with Gasteiger partial charge < -0.3 is 10.0 Å².